The van der Waals surface area contributed by atoms with Gasteiger partial charge in [-0.15, -0.1) is 0 Å². The second-order valence-electron chi connectivity index (χ2n) is 8.87. The largest absolute Gasteiger partial charge is 0.457 e. The van der Waals surface area contributed by atoms with Crippen LogP contribution < -0.4 is 0 Å². The number of fused-ring (bicyclic) bond motifs is 1. The van der Waals surface area contributed by atoms with Crippen molar-refractivity contribution < 1.29 is 29.3 Å². The van der Waals surface area contributed by atoms with Gasteiger partial charge in [0.05, 0.1) is 6.10 Å². The van der Waals surface area contributed by atoms with Crippen molar-refractivity contribution >= 4 is 11.8 Å². The molecule has 0 aromatic heterocycles. The van der Waals surface area contributed by atoms with Gasteiger partial charge in [0.25, 0.3) is 0 Å². The van der Waals surface area contributed by atoms with Crippen molar-refractivity contribution in [1.29, 1.82) is 0 Å². The van der Waals surface area contributed by atoms with E-state index in [0.717, 1.165) is 5.57 Å². The highest BCUT2D eigenvalue weighted by atomic mass is 16.7. The summed E-state index contributed by atoms with van der Waals surface area (Å²) in [5, 5.41) is 22.7. The van der Waals surface area contributed by atoms with Gasteiger partial charge in [-0.1, -0.05) is 19.4 Å². The second-order valence-corrected chi connectivity index (χ2v) is 8.87. The number of carbonyl (C=O) groups excluding carboxylic acids is 2. The number of ketones is 1. The summed E-state index contributed by atoms with van der Waals surface area (Å²) in [5.41, 5.74) is -3.38. The number of carbonyl (C=O) groups is 2. The number of ether oxygens (including phenoxy) is 2. The maximum Gasteiger partial charge on any atom is 0.341 e. The van der Waals surface area contributed by atoms with Crippen LogP contribution in [0, 0.1) is 11.8 Å². The molecule has 1 saturated carbocycles. The summed E-state index contributed by atoms with van der Waals surface area (Å²) in [6.45, 7) is 10.6. The van der Waals surface area contributed by atoms with E-state index in [-0.39, 0.29) is 30.6 Å². The Labute approximate surface area is 154 Å². The molecule has 2 aliphatic carbocycles. The van der Waals surface area contributed by atoms with E-state index in [1.54, 1.807) is 13.8 Å². The molecular weight excluding hydrogens is 336 g/mol. The number of hydrogen-bond acceptors (Lipinski definition) is 6. The maximum atomic E-state index is 13.2. The van der Waals surface area contributed by atoms with Crippen LogP contribution in [-0.4, -0.2) is 51.0 Å². The molecule has 2 N–H and O–H groups in total. The van der Waals surface area contributed by atoms with Gasteiger partial charge in [0.1, 0.15) is 17.3 Å². The first-order valence-electron chi connectivity index (χ1n) is 9.44. The van der Waals surface area contributed by atoms with Crippen molar-refractivity contribution in [3.63, 3.8) is 0 Å². The number of esters is 1. The summed E-state index contributed by atoms with van der Waals surface area (Å²) in [4.78, 5) is 25.8. The van der Waals surface area contributed by atoms with Crippen molar-refractivity contribution in [2.45, 2.75) is 89.8 Å². The molecule has 6 nitrogen and oxygen atoms in total. The lowest BCUT2D eigenvalue weighted by atomic mass is 9.76. The van der Waals surface area contributed by atoms with E-state index in [4.69, 9.17) is 9.47 Å². The quantitative estimate of drug-likeness (QED) is 0.585. The lowest BCUT2D eigenvalue weighted by Gasteiger charge is -2.42. The third kappa shape index (κ3) is 2.57. The Morgan fingerprint density at radius 2 is 1.88 bits per heavy atom. The van der Waals surface area contributed by atoms with Crippen LogP contribution in [0.3, 0.4) is 0 Å². The fourth-order valence-corrected chi connectivity index (χ4v) is 4.44. The predicted molar refractivity (Wildman–Crippen MR) is 94.3 cm³/mol. The number of hydrogen-bond donors (Lipinski definition) is 2. The van der Waals surface area contributed by atoms with Crippen LogP contribution in [-0.2, 0) is 19.1 Å². The van der Waals surface area contributed by atoms with Crippen LogP contribution in [0.25, 0.3) is 0 Å². The highest BCUT2D eigenvalue weighted by Gasteiger charge is 2.64. The van der Waals surface area contributed by atoms with E-state index in [0.29, 0.717) is 12.0 Å². The Balaban J connectivity index is 2.02. The monoisotopic (exact) mass is 366 g/mol. The summed E-state index contributed by atoms with van der Waals surface area (Å²) in [6, 6.07) is 0. The van der Waals surface area contributed by atoms with Crippen molar-refractivity contribution in [3.8, 4) is 0 Å². The standard InChI is InChI=1S/C20H30O6/c1-10(2)13-9-14(25-17(22)18(5)12(4)26-18)19(6,23)20(24)8-7-11(3)15(20)16(13)21/h10,12-14,23-24H,7-9H2,1-6H3/t12?,13-,14+,18?,19+,20-/m0/s1. The Hall–Kier alpha value is -1.24. The first-order valence-corrected chi connectivity index (χ1v) is 9.44. The van der Waals surface area contributed by atoms with Gasteiger partial charge >= 0.3 is 5.97 Å². The molecule has 146 valence electrons. The average molecular weight is 366 g/mol. The molecule has 0 amide bonds. The molecule has 0 radical (unpaired) electrons. The van der Waals surface area contributed by atoms with Gasteiger partial charge in [0, 0.05) is 11.5 Å². The van der Waals surface area contributed by atoms with Crippen LogP contribution in [0.4, 0.5) is 0 Å². The van der Waals surface area contributed by atoms with Crippen LogP contribution in [0.2, 0.25) is 0 Å². The highest BCUT2D eigenvalue weighted by Crippen LogP contribution is 2.51. The van der Waals surface area contributed by atoms with Crippen LogP contribution in [0.5, 0.6) is 0 Å². The lowest BCUT2D eigenvalue weighted by Crippen LogP contribution is -2.60. The van der Waals surface area contributed by atoms with Crippen molar-refractivity contribution in [2.24, 2.45) is 11.8 Å². The zero-order valence-corrected chi connectivity index (χ0v) is 16.5. The molecule has 3 rings (SSSR count). The van der Waals surface area contributed by atoms with Gasteiger partial charge in [0.2, 0.25) is 0 Å². The topological polar surface area (TPSA) is 96.4 Å². The van der Waals surface area contributed by atoms with E-state index in [9.17, 15) is 19.8 Å². The minimum Gasteiger partial charge on any atom is -0.457 e. The molecular formula is C20H30O6. The van der Waals surface area contributed by atoms with Gasteiger partial charge in [-0.05, 0) is 52.9 Å². The van der Waals surface area contributed by atoms with Gasteiger partial charge in [-0.3, -0.25) is 4.79 Å². The molecule has 0 aromatic carbocycles. The predicted octanol–water partition coefficient (Wildman–Crippen LogP) is 1.91. The summed E-state index contributed by atoms with van der Waals surface area (Å²) < 4.78 is 11.0. The van der Waals surface area contributed by atoms with Crippen LogP contribution in [0.15, 0.2) is 11.1 Å². The molecule has 1 heterocycles. The Bertz CT molecular complexity index is 678. The smallest absolute Gasteiger partial charge is 0.341 e. The molecule has 6 heteroatoms. The van der Waals surface area contributed by atoms with E-state index in [2.05, 4.69) is 0 Å². The first kappa shape index (κ1) is 19.5. The third-order valence-electron chi connectivity index (χ3n) is 6.82. The van der Waals surface area contributed by atoms with Crippen molar-refractivity contribution in [2.75, 3.05) is 0 Å². The molecule has 0 bridgehead atoms. The Morgan fingerprint density at radius 1 is 1.31 bits per heavy atom. The molecule has 6 atom stereocenters. The molecule has 26 heavy (non-hydrogen) atoms. The normalized spacial score (nSPS) is 45.6. The van der Waals surface area contributed by atoms with Crippen molar-refractivity contribution in [3.05, 3.63) is 11.1 Å². The molecule has 0 spiro atoms. The van der Waals surface area contributed by atoms with E-state index in [1.807, 2.05) is 20.8 Å². The van der Waals surface area contributed by atoms with Gasteiger partial charge in [-0.2, -0.15) is 0 Å². The molecule has 1 saturated heterocycles. The maximum absolute atomic E-state index is 13.2. The SMILES string of the molecule is CC1=C2C(=O)[C@H](C(C)C)C[C@@H](OC(=O)C3(C)OC3C)[C@@](C)(O)[C@]2(O)CC1. The Kier molecular flexibility index (Phi) is 4.41. The molecule has 0 aromatic rings. The molecule has 1 aliphatic heterocycles. The third-order valence-corrected chi connectivity index (χ3v) is 6.82. The minimum atomic E-state index is -1.76. The zero-order chi connectivity index (χ0) is 19.7. The van der Waals surface area contributed by atoms with E-state index < -0.39 is 34.8 Å². The number of epoxide rings is 1. The highest BCUT2D eigenvalue weighted by molar-refractivity contribution is 6.01. The van der Waals surface area contributed by atoms with Crippen LogP contribution >= 0.6 is 0 Å². The fourth-order valence-electron chi connectivity index (χ4n) is 4.44. The second kappa shape index (κ2) is 5.88. The number of aliphatic hydroxyl groups is 2. The summed E-state index contributed by atoms with van der Waals surface area (Å²) in [5.74, 6) is -1.13. The van der Waals surface area contributed by atoms with Crippen molar-refractivity contribution in [1.82, 2.24) is 0 Å². The zero-order valence-electron chi connectivity index (χ0n) is 16.5. The molecule has 2 unspecified atom stereocenters. The average Bonchev–Trinajstić information content (AvgIpc) is 3.04. The van der Waals surface area contributed by atoms with Gasteiger partial charge in [0.15, 0.2) is 11.4 Å². The summed E-state index contributed by atoms with van der Waals surface area (Å²) >= 11 is 0. The van der Waals surface area contributed by atoms with E-state index in [1.165, 1.54) is 6.92 Å². The minimum absolute atomic E-state index is 0.00515. The number of rotatable bonds is 3. The molecule has 3 aliphatic rings. The van der Waals surface area contributed by atoms with Gasteiger partial charge < -0.3 is 19.7 Å². The lowest BCUT2D eigenvalue weighted by molar-refractivity contribution is -0.200. The van der Waals surface area contributed by atoms with E-state index >= 15 is 0 Å². The summed E-state index contributed by atoms with van der Waals surface area (Å²) in [6.07, 6.45) is -0.278. The number of Topliss-reactive ketones (excluding diaryl/α,β-unsaturated/α-hetero) is 1. The molecule has 2 fully saturated rings. The summed E-state index contributed by atoms with van der Waals surface area (Å²) in [7, 11) is 0. The fraction of sp³-hybridized carbons (Fsp3) is 0.800. The van der Waals surface area contributed by atoms with Crippen LogP contribution in [0.1, 0.15) is 60.8 Å². The Morgan fingerprint density at radius 3 is 2.38 bits per heavy atom. The number of allylic oxidation sites excluding steroid dienone is 1. The first-order chi connectivity index (χ1) is 11.9. The van der Waals surface area contributed by atoms with Gasteiger partial charge in [-0.25, -0.2) is 4.79 Å².